The molecule has 16 heavy (non-hydrogen) atoms. The van der Waals surface area contributed by atoms with Crippen LogP contribution >= 0.6 is 11.3 Å². The molecule has 0 aromatic carbocycles. The Morgan fingerprint density at radius 1 is 1.25 bits per heavy atom. The molecule has 1 aromatic heterocycles. The molecule has 2 atom stereocenters. The van der Waals surface area contributed by atoms with E-state index in [-0.39, 0.29) is 0 Å². The second-order valence-electron chi connectivity index (χ2n) is 5.49. The van der Waals surface area contributed by atoms with Gasteiger partial charge in [0.2, 0.25) is 0 Å². The van der Waals surface area contributed by atoms with Gasteiger partial charge in [0.05, 0.1) is 0 Å². The monoisotopic (exact) mass is 237 g/mol. The molecule has 2 aliphatic carbocycles. The molecule has 2 aliphatic rings. The third kappa shape index (κ3) is 2.13. The van der Waals surface area contributed by atoms with E-state index in [1.807, 2.05) is 11.3 Å². The molecule has 2 unspecified atom stereocenters. The number of nitrogens with one attached hydrogen (secondary N) is 1. The highest BCUT2D eigenvalue weighted by atomic mass is 32.1. The summed E-state index contributed by atoms with van der Waals surface area (Å²) in [5.41, 5.74) is 0. The fourth-order valence-corrected chi connectivity index (χ4v) is 3.63. The molecule has 2 fully saturated rings. The Labute approximate surface area is 101 Å². The van der Waals surface area contributed by atoms with Crippen LogP contribution in [-0.2, 0) is 6.54 Å². The second-order valence-corrected chi connectivity index (χ2v) is 6.59. The third-order valence-electron chi connectivity index (χ3n) is 3.74. The van der Waals surface area contributed by atoms with Crippen molar-refractivity contribution < 1.29 is 0 Å². The summed E-state index contributed by atoms with van der Waals surface area (Å²) in [4.78, 5) is 0. The van der Waals surface area contributed by atoms with Crippen LogP contribution in [0.2, 0.25) is 0 Å². The largest absolute Gasteiger partial charge is 0.308 e. The smallest absolute Gasteiger partial charge is 0.131 e. The van der Waals surface area contributed by atoms with Gasteiger partial charge >= 0.3 is 0 Å². The lowest BCUT2D eigenvalue weighted by atomic mass is 10.1. The first-order valence-corrected chi connectivity index (χ1v) is 7.09. The lowest BCUT2D eigenvalue weighted by Crippen LogP contribution is -2.21. The summed E-state index contributed by atoms with van der Waals surface area (Å²) in [5.74, 6) is 2.80. The number of hydrogen-bond donors (Lipinski definition) is 1. The number of aromatic nitrogens is 2. The van der Waals surface area contributed by atoms with Crippen LogP contribution in [0.5, 0.6) is 0 Å². The van der Waals surface area contributed by atoms with Crippen molar-refractivity contribution in [2.75, 3.05) is 0 Å². The van der Waals surface area contributed by atoms with E-state index < -0.39 is 0 Å². The number of nitrogens with zero attached hydrogens (tertiary/aromatic N) is 2. The zero-order valence-electron chi connectivity index (χ0n) is 9.94. The van der Waals surface area contributed by atoms with Gasteiger partial charge in [-0.15, -0.1) is 10.2 Å². The van der Waals surface area contributed by atoms with Crippen molar-refractivity contribution in [3.05, 3.63) is 10.0 Å². The molecule has 0 bridgehead atoms. The Morgan fingerprint density at radius 3 is 2.69 bits per heavy atom. The van der Waals surface area contributed by atoms with Gasteiger partial charge in [-0.25, -0.2) is 0 Å². The summed E-state index contributed by atoms with van der Waals surface area (Å²) in [6.45, 7) is 5.19. The molecule has 0 saturated heterocycles. The summed E-state index contributed by atoms with van der Waals surface area (Å²) in [5, 5.41) is 14.5. The van der Waals surface area contributed by atoms with Gasteiger partial charge in [-0.05, 0) is 31.1 Å². The Kier molecular flexibility index (Phi) is 2.72. The van der Waals surface area contributed by atoms with E-state index in [2.05, 4.69) is 29.4 Å². The van der Waals surface area contributed by atoms with E-state index >= 15 is 0 Å². The predicted octanol–water partition coefficient (Wildman–Crippen LogP) is 2.55. The highest BCUT2D eigenvalue weighted by Crippen LogP contribution is 2.57. The van der Waals surface area contributed by atoms with Crippen LogP contribution in [0.1, 0.15) is 49.0 Å². The van der Waals surface area contributed by atoms with Gasteiger partial charge in [0.1, 0.15) is 10.0 Å². The molecule has 0 radical (unpaired) electrons. The van der Waals surface area contributed by atoms with Crippen LogP contribution in [0.4, 0.5) is 0 Å². The van der Waals surface area contributed by atoms with Gasteiger partial charge in [-0.3, -0.25) is 0 Å². The zero-order chi connectivity index (χ0) is 11.1. The van der Waals surface area contributed by atoms with Crippen molar-refractivity contribution in [3.63, 3.8) is 0 Å². The first-order chi connectivity index (χ1) is 7.72. The maximum Gasteiger partial charge on any atom is 0.131 e. The lowest BCUT2D eigenvalue weighted by Gasteiger charge is -2.06. The molecule has 3 nitrogen and oxygen atoms in total. The molecule has 2 saturated carbocycles. The third-order valence-corrected chi connectivity index (χ3v) is 4.82. The van der Waals surface area contributed by atoms with Crippen molar-refractivity contribution in [2.45, 2.75) is 51.6 Å². The van der Waals surface area contributed by atoms with Gasteiger partial charge < -0.3 is 5.32 Å². The summed E-state index contributed by atoms with van der Waals surface area (Å²) < 4.78 is 0. The van der Waals surface area contributed by atoms with E-state index in [1.165, 1.54) is 24.3 Å². The van der Waals surface area contributed by atoms with E-state index in [9.17, 15) is 0 Å². The van der Waals surface area contributed by atoms with Crippen LogP contribution < -0.4 is 5.32 Å². The van der Waals surface area contributed by atoms with E-state index in [1.54, 1.807) is 0 Å². The van der Waals surface area contributed by atoms with Gasteiger partial charge in [-0.2, -0.15) is 0 Å². The summed E-state index contributed by atoms with van der Waals surface area (Å²) in [6, 6.07) is 0.520. The maximum absolute atomic E-state index is 4.36. The molecular formula is C12H19N3S. The van der Waals surface area contributed by atoms with Crippen LogP contribution in [0.25, 0.3) is 0 Å². The Hall–Kier alpha value is -0.480. The first-order valence-electron chi connectivity index (χ1n) is 6.28. The fraction of sp³-hybridized carbons (Fsp3) is 0.833. The van der Waals surface area contributed by atoms with Crippen LogP contribution in [0.15, 0.2) is 0 Å². The zero-order valence-corrected chi connectivity index (χ0v) is 10.8. The average Bonchev–Trinajstić information content (AvgIpc) is 2.71. The Balaban J connectivity index is 1.59. The molecule has 0 aliphatic heterocycles. The minimum Gasteiger partial charge on any atom is -0.308 e. The minimum absolute atomic E-state index is 0.520. The molecular weight excluding hydrogens is 218 g/mol. The van der Waals surface area contributed by atoms with Crippen LogP contribution in [0.3, 0.4) is 0 Å². The van der Waals surface area contributed by atoms with Crippen molar-refractivity contribution >= 4 is 11.3 Å². The Bertz CT molecular complexity index is 364. The average molecular weight is 237 g/mol. The van der Waals surface area contributed by atoms with E-state index in [0.717, 1.165) is 29.3 Å². The van der Waals surface area contributed by atoms with Crippen molar-refractivity contribution in [1.29, 1.82) is 0 Å². The SMILES string of the molecule is CC(C)NCc1nnc(C2CC3CC3C2)s1. The minimum atomic E-state index is 0.520. The molecule has 0 spiro atoms. The van der Waals surface area contributed by atoms with E-state index in [0.29, 0.717) is 6.04 Å². The molecule has 1 aromatic rings. The highest BCUT2D eigenvalue weighted by molar-refractivity contribution is 7.11. The molecule has 4 heteroatoms. The molecule has 1 N–H and O–H groups in total. The van der Waals surface area contributed by atoms with E-state index in [4.69, 9.17) is 0 Å². The normalized spacial score (nSPS) is 32.1. The second kappa shape index (κ2) is 4.08. The summed E-state index contributed by atoms with van der Waals surface area (Å²) in [7, 11) is 0. The topological polar surface area (TPSA) is 37.8 Å². The summed E-state index contributed by atoms with van der Waals surface area (Å²) >= 11 is 1.81. The highest BCUT2D eigenvalue weighted by Gasteiger charge is 2.47. The molecule has 3 rings (SSSR count). The maximum atomic E-state index is 4.36. The number of fused-ring (bicyclic) bond motifs is 1. The quantitative estimate of drug-likeness (QED) is 0.874. The van der Waals surface area contributed by atoms with Gasteiger partial charge in [0, 0.05) is 18.5 Å². The molecule has 88 valence electrons. The van der Waals surface area contributed by atoms with Crippen molar-refractivity contribution in [1.82, 2.24) is 15.5 Å². The standard InChI is InChI=1S/C12H19N3S/c1-7(2)13-6-11-14-15-12(16-11)10-4-8-3-9(8)5-10/h7-10,13H,3-6H2,1-2H3. The van der Waals surface area contributed by atoms with Crippen LogP contribution in [-0.4, -0.2) is 16.2 Å². The van der Waals surface area contributed by atoms with Gasteiger partial charge in [0.15, 0.2) is 0 Å². The fourth-order valence-electron chi connectivity index (χ4n) is 2.71. The molecule has 0 amide bonds. The number of rotatable bonds is 4. The Morgan fingerprint density at radius 2 is 2.00 bits per heavy atom. The molecule has 1 heterocycles. The van der Waals surface area contributed by atoms with Gasteiger partial charge in [0.25, 0.3) is 0 Å². The van der Waals surface area contributed by atoms with Crippen molar-refractivity contribution in [3.8, 4) is 0 Å². The number of hydrogen-bond acceptors (Lipinski definition) is 4. The van der Waals surface area contributed by atoms with Crippen LogP contribution in [0, 0.1) is 11.8 Å². The lowest BCUT2D eigenvalue weighted by molar-refractivity contribution is 0.583. The van der Waals surface area contributed by atoms with Crippen molar-refractivity contribution in [2.24, 2.45) is 11.8 Å². The summed E-state index contributed by atoms with van der Waals surface area (Å²) in [6.07, 6.45) is 4.23. The predicted molar refractivity (Wildman–Crippen MR) is 65.5 cm³/mol. The first kappa shape index (κ1) is 10.7. The van der Waals surface area contributed by atoms with Gasteiger partial charge in [-0.1, -0.05) is 25.2 Å².